The van der Waals surface area contributed by atoms with Crippen molar-refractivity contribution in [2.75, 3.05) is 0 Å². The second kappa shape index (κ2) is 14.0. The van der Waals surface area contributed by atoms with Gasteiger partial charge in [-0.3, -0.25) is 4.57 Å². The van der Waals surface area contributed by atoms with E-state index in [1.54, 1.807) is 0 Å². The fraction of sp³-hybridized carbons (Fsp3) is 0. The van der Waals surface area contributed by atoms with E-state index in [9.17, 15) is 0 Å². The molecule has 6 heteroatoms. The maximum atomic E-state index is 6.53. The van der Waals surface area contributed by atoms with Gasteiger partial charge in [-0.25, -0.2) is 4.98 Å². The molecular weight excluding hydrogens is 771 g/mol. The van der Waals surface area contributed by atoms with E-state index < -0.39 is 0 Å². The van der Waals surface area contributed by atoms with Crippen LogP contribution < -0.4 is 0 Å². The molecule has 0 fully saturated rings. The first-order chi connectivity index (χ1) is 31.2. The van der Waals surface area contributed by atoms with Gasteiger partial charge in [-0.2, -0.15) is 9.97 Å². The molecule has 0 bridgehead atoms. The summed E-state index contributed by atoms with van der Waals surface area (Å²) in [6, 6.07) is 74.5. The maximum Gasteiger partial charge on any atom is 0.238 e. The van der Waals surface area contributed by atoms with Crippen LogP contribution in [0.25, 0.3) is 122 Å². The van der Waals surface area contributed by atoms with Crippen LogP contribution in [0.5, 0.6) is 0 Å². The van der Waals surface area contributed by atoms with E-state index in [-0.39, 0.29) is 0 Å². The number of hydrogen-bond donors (Lipinski definition) is 0. The second-order valence-corrected chi connectivity index (χ2v) is 16.0. The van der Waals surface area contributed by atoms with Crippen molar-refractivity contribution in [3.63, 3.8) is 0 Å². The van der Waals surface area contributed by atoms with Crippen LogP contribution in [0, 0.1) is 0 Å². The van der Waals surface area contributed by atoms with Crippen LogP contribution in [-0.4, -0.2) is 24.1 Å². The molecule has 0 amide bonds. The van der Waals surface area contributed by atoms with Crippen LogP contribution in [-0.2, 0) is 0 Å². The topological polar surface area (TPSA) is 61.7 Å². The minimum atomic E-state index is 0.544. The quantitative estimate of drug-likeness (QED) is 0.168. The zero-order valence-electron chi connectivity index (χ0n) is 33.9. The molecule has 0 spiro atoms. The fourth-order valence-corrected chi connectivity index (χ4v) is 9.56. The van der Waals surface area contributed by atoms with Crippen LogP contribution in [0.3, 0.4) is 0 Å². The molecule has 13 rings (SSSR count). The number of fused-ring (bicyclic) bond motifs is 9. The molecule has 0 saturated carbocycles. The molecule has 0 unspecified atom stereocenters. The molecule has 9 aromatic carbocycles. The van der Waals surface area contributed by atoms with Gasteiger partial charge in [0.05, 0.1) is 22.1 Å². The van der Waals surface area contributed by atoms with E-state index in [0.29, 0.717) is 17.6 Å². The molecule has 0 atom stereocenters. The molecule has 294 valence electrons. The predicted octanol–water partition coefficient (Wildman–Crippen LogP) is 14.6. The summed E-state index contributed by atoms with van der Waals surface area (Å²) >= 11 is 0. The van der Waals surface area contributed by atoms with Crippen molar-refractivity contribution in [1.82, 2.24) is 24.1 Å². The average molecular weight is 806 g/mol. The van der Waals surface area contributed by atoms with Crippen LogP contribution in [0.1, 0.15) is 0 Å². The van der Waals surface area contributed by atoms with Gasteiger partial charge in [0, 0.05) is 60.3 Å². The Bertz CT molecular complexity index is 3810. The number of aromatic nitrogens is 5. The zero-order chi connectivity index (χ0) is 41.4. The van der Waals surface area contributed by atoms with Crippen molar-refractivity contribution < 1.29 is 4.42 Å². The van der Waals surface area contributed by atoms with Gasteiger partial charge < -0.3 is 8.98 Å². The van der Waals surface area contributed by atoms with E-state index in [1.807, 2.05) is 48.5 Å². The predicted molar refractivity (Wildman–Crippen MR) is 258 cm³/mol. The monoisotopic (exact) mass is 805 g/mol. The van der Waals surface area contributed by atoms with Crippen molar-refractivity contribution in [2.24, 2.45) is 0 Å². The van der Waals surface area contributed by atoms with Crippen LogP contribution in [0.4, 0.5) is 0 Å². The van der Waals surface area contributed by atoms with E-state index in [1.165, 1.54) is 10.8 Å². The molecule has 0 aliphatic heterocycles. The molecule has 4 aromatic heterocycles. The van der Waals surface area contributed by atoms with Crippen molar-refractivity contribution in [1.29, 1.82) is 0 Å². The minimum Gasteiger partial charge on any atom is -0.455 e. The Balaban J connectivity index is 1.10. The normalized spacial score (nSPS) is 11.8. The lowest BCUT2D eigenvalue weighted by Crippen LogP contribution is -2.07. The summed E-state index contributed by atoms with van der Waals surface area (Å²) in [5.41, 5.74) is 13.3. The lowest BCUT2D eigenvalue weighted by molar-refractivity contribution is 0.670. The number of benzene rings is 9. The van der Waals surface area contributed by atoms with Gasteiger partial charge in [-0.05, 0) is 53.6 Å². The lowest BCUT2D eigenvalue weighted by Gasteiger charge is -2.14. The first-order valence-corrected chi connectivity index (χ1v) is 21.2. The summed E-state index contributed by atoms with van der Waals surface area (Å²) in [5.74, 6) is 1.76. The number of hydrogen-bond acceptors (Lipinski definition) is 4. The van der Waals surface area contributed by atoms with Crippen LogP contribution >= 0.6 is 0 Å². The molecule has 4 heterocycles. The zero-order valence-corrected chi connectivity index (χ0v) is 33.9. The first-order valence-electron chi connectivity index (χ1n) is 21.2. The summed E-state index contributed by atoms with van der Waals surface area (Å²) in [7, 11) is 0. The average Bonchev–Trinajstić information content (AvgIpc) is 4.02. The highest BCUT2D eigenvalue weighted by Gasteiger charge is 2.23. The summed E-state index contributed by atoms with van der Waals surface area (Å²) in [5, 5.41) is 6.86. The fourth-order valence-electron chi connectivity index (χ4n) is 9.56. The van der Waals surface area contributed by atoms with E-state index in [0.717, 1.165) is 93.8 Å². The van der Waals surface area contributed by atoms with Crippen molar-refractivity contribution in [3.8, 4) is 56.7 Å². The Hall–Kier alpha value is -8.61. The molecule has 6 nitrogen and oxygen atoms in total. The van der Waals surface area contributed by atoms with Gasteiger partial charge >= 0.3 is 0 Å². The summed E-state index contributed by atoms with van der Waals surface area (Å²) in [6.07, 6.45) is 0. The second-order valence-electron chi connectivity index (χ2n) is 16.0. The number of furan rings is 1. The Morgan fingerprint density at radius 2 is 0.857 bits per heavy atom. The number of rotatable bonds is 6. The maximum absolute atomic E-state index is 6.53. The van der Waals surface area contributed by atoms with Crippen molar-refractivity contribution >= 4 is 65.6 Å². The summed E-state index contributed by atoms with van der Waals surface area (Å²) < 4.78 is 11.1. The summed E-state index contributed by atoms with van der Waals surface area (Å²) in [6.45, 7) is 0. The highest BCUT2D eigenvalue weighted by Crippen LogP contribution is 2.42. The molecule has 0 N–H and O–H groups in total. The Kier molecular flexibility index (Phi) is 7.80. The minimum absolute atomic E-state index is 0.544. The van der Waals surface area contributed by atoms with Gasteiger partial charge in [0.15, 0.2) is 11.6 Å². The van der Waals surface area contributed by atoms with Gasteiger partial charge in [-0.15, -0.1) is 0 Å². The van der Waals surface area contributed by atoms with Gasteiger partial charge in [0.25, 0.3) is 0 Å². The third kappa shape index (κ3) is 5.55. The van der Waals surface area contributed by atoms with Gasteiger partial charge in [0.2, 0.25) is 5.95 Å². The first kappa shape index (κ1) is 35.2. The van der Waals surface area contributed by atoms with E-state index in [4.69, 9.17) is 19.4 Å². The highest BCUT2D eigenvalue weighted by molar-refractivity contribution is 6.15. The van der Waals surface area contributed by atoms with Crippen LogP contribution in [0.2, 0.25) is 0 Å². The van der Waals surface area contributed by atoms with Gasteiger partial charge in [0.1, 0.15) is 11.2 Å². The van der Waals surface area contributed by atoms with Crippen molar-refractivity contribution in [3.05, 3.63) is 212 Å². The molecule has 63 heavy (non-hydrogen) atoms. The molecule has 0 aliphatic carbocycles. The van der Waals surface area contributed by atoms with E-state index in [2.05, 4.69) is 173 Å². The third-order valence-electron chi connectivity index (χ3n) is 12.4. The molecule has 0 aliphatic rings. The standard InChI is InChI=1S/C57H35N5O/c1-3-16-36(17-4-1)55-58-56(37-18-5-2-6-19-37)60-57(59-55)62-51-33-32-40(61-49-29-10-7-22-43(49)44-23-8-11-30-50(44)61)35-48(51)46-27-14-25-41(53(46)62)38-20-13-21-39(34-38)42-26-15-28-47-45-24-9-12-31-52(45)63-54(42)47/h1-35H. The van der Waals surface area contributed by atoms with Crippen LogP contribution in [0.15, 0.2) is 217 Å². The smallest absolute Gasteiger partial charge is 0.238 e. The lowest BCUT2D eigenvalue weighted by atomic mass is 9.96. The Labute approximate surface area is 361 Å². The van der Waals surface area contributed by atoms with Crippen molar-refractivity contribution in [2.45, 2.75) is 0 Å². The number of nitrogens with zero attached hydrogens (tertiary/aromatic N) is 5. The Morgan fingerprint density at radius 3 is 1.56 bits per heavy atom. The largest absolute Gasteiger partial charge is 0.455 e. The molecule has 0 saturated heterocycles. The third-order valence-corrected chi connectivity index (χ3v) is 12.4. The van der Waals surface area contributed by atoms with Gasteiger partial charge in [-0.1, -0.05) is 170 Å². The molecular formula is C57H35N5O. The highest BCUT2D eigenvalue weighted by atomic mass is 16.3. The SMILES string of the molecule is c1ccc(-c2nc(-c3ccccc3)nc(-n3c4ccc(-n5c6ccccc6c6ccccc65)cc4c4cccc(-c5cccc(-c6cccc7c6oc6ccccc67)c5)c43)n2)cc1. The van der Waals surface area contributed by atoms with E-state index >= 15 is 0 Å². The Morgan fingerprint density at radius 1 is 0.333 bits per heavy atom. The summed E-state index contributed by atoms with van der Waals surface area (Å²) in [4.78, 5) is 15.7. The molecule has 13 aromatic rings. The molecule has 0 radical (unpaired) electrons. The number of para-hydroxylation sites is 5.